The molecule has 9 heteroatoms. The standard InChI is InChI=1S/C31H29N5O4/c1-4-7-22-16-20(2)25(21(3)17-22)26-23(37)18-31(19-24(26)40-30(39)28-34-12-6-13-35-28)8-14-36(15-9-31)29(38)27-32-10-5-11-33-27/h5-6,10-13,16-17H,8-9,14-15,18-19H2,1-3H3. The molecule has 40 heavy (non-hydrogen) atoms. The van der Waals surface area contributed by atoms with Crippen LogP contribution in [-0.2, 0) is 9.53 Å². The zero-order valence-electron chi connectivity index (χ0n) is 22.7. The van der Waals surface area contributed by atoms with Crippen molar-refractivity contribution in [3.8, 4) is 11.8 Å². The molecule has 1 saturated heterocycles. The van der Waals surface area contributed by atoms with Crippen molar-refractivity contribution < 1.29 is 19.1 Å². The molecule has 3 aromatic rings. The van der Waals surface area contributed by atoms with Crippen LogP contribution in [0, 0.1) is 31.1 Å². The Bertz CT molecular complexity index is 1540. The summed E-state index contributed by atoms with van der Waals surface area (Å²) in [6.07, 6.45) is 7.86. The summed E-state index contributed by atoms with van der Waals surface area (Å²) in [6, 6.07) is 7.17. The molecule has 9 nitrogen and oxygen atoms in total. The van der Waals surface area contributed by atoms with Gasteiger partial charge in [-0.1, -0.05) is 5.92 Å². The molecule has 1 amide bonds. The number of carbonyl (C=O) groups is 3. The molecule has 2 aliphatic rings. The highest BCUT2D eigenvalue weighted by molar-refractivity contribution is 6.23. The second-order valence-corrected chi connectivity index (χ2v) is 10.3. The summed E-state index contributed by atoms with van der Waals surface area (Å²) in [4.78, 5) is 57.9. The first-order valence-electron chi connectivity index (χ1n) is 13.2. The van der Waals surface area contributed by atoms with Gasteiger partial charge in [0.1, 0.15) is 5.76 Å². The number of hydrogen-bond acceptors (Lipinski definition) is 8. The minimum absolute atomic E-state index is 0.0771. The molecule has 0 saturated carbocycles. The fourth-order valence-electron chi connectivity index (χ4n) is 5.67. The smallest absolute Gasteiger partial charge is 0.381 e. The van der Waals surface area contributed by atoms with E-state index in [0.717, 1.165) is 22.3 Å². The van der Waals surface area contributed by atoms with Crippen LogP contribution >= 0.6 is 0 Å². The Morgan fingerprint density at radius 1 is 0.900 bits per heavy atom. The maximum Gasteiger partial charge on any atom is 0.381 e. The van der Waals surface area contributed by atoms with Crippen LogP contribution < -0.4 is 0 Å². The lowest BCUT2D eigenvalue weighted by Crippen LogP contribution is -2.46. The topological polar surface area (TPSA) is 115 Å². The van der Waals surface area contributed by atoms with Gasteiger partial charge in [-0.05, 0) is 80.0 Å². The molecule has 5 rings (SSSR count). The largest absolute Gasteiger partial charge is 0.424 e. The molecule has 1 aliphatic heterocycles. The van der Waals surface area contributed by atoms with E-state index in [1.807, 2.05) is 26.0 Å². The van der Waals surface area contributed by atoms with Crippen molar-refractivity contribution >= 4 is 23.2 Å². The van der Waals surface area contributed by atoms with E-state index in [-0.39, 0.29) is 23.3 Å². The molecule has 1 aliphatic carbocycles. The zero-order chi connectivity index (χ0) is 28.3. The fourth-order valence-corrected chi connectivity index (χ4v) is 5.67. The molecule has 1 fully saturated rings. The number of ether oxygens (including phenoxy) is 1. The second-order valence-electron chi connectivity index (χ2n) is 10.3. The van der Waals surface area contributed by atoms with Crippen LogP contribution in [0.2, 0.25) is 0 Å². The van der Waals surface area contributed by atoms with Gasteiger partial charge in [0.15, 0.2) is 5.78 Å². The van der Waals surface area contributed by atoms with Crippen LogP contribution in [0.3, 0.4) is 0 Å². The van der Waals surface area contributed by atoms with Gasteiger partial charge in [-0.2, -0.15) is 0 Å². The normalized spacial score (nSPS) is 16.4. The highest BCUT2D eigenvalue weighted by Crippen LogP contribution is 2.48. The van der Waals surface area contributed by atoms with Gasteiger partial charge in [0, 0.05) is 56.3 Å². The van der Waals surface area contributed by atoms with Crippen LogP contribution in [-0.4, -0.2) is 55.6 Å². The van der Waals surface area contributed by atoms with Gasteiger partial charge < -0.3 is 9.64 Å². The Hall–Kier alpha value is -4.71. The highest BCUT2D eigenvalue weighted by atomic mass is 16.5. The minimum atomic E-state index is -0.712. The molecular formula is C31H29N5O4. The second kappa shape index (κ2) is 11.2. The quantitative estimate of drug-likeness (QED) is 0.362. The van der Waals surface area contributed by atoms with Crippen molar-refractivity contribution in [3.63, 3.8) is 0 Å². The van der Waals surface area contributed by atoms with E-state index in [1.54, 1.807) is 36.4 Å². The third-order valence-electron chi connectivity index (χ3n) is 7.51. The van der Waals surface area contributed by atoms with Gasteiger partial charge in [-0.3, -0.25) is 9.59 Å². The monoisotopic (exact) mass is 535 g/mol. The first-order valence-corrected chi connectivity index (χ1v) is 13.2. The van der Waals surface area contributed by atoms with Crippen LogP contribution in [0.5, 0.6) is 0 Å². The summed E-state index contributed by atoms with van der Waals surface area (Å²) < 4.78 is 5.94. The van der Waals surface area contributed by atoms with Crippen molar-refractivity contribution in [2.45, 2.75) is 46.5 Å². The molecule has 202 valence electrons. The van der Waals surface area contributed by atoms with Gasteiger partial charge in [-0.15, -0.1) is 5.92 Å². The van der Waals surface area contributed by atoms with E-state index in [2.05, 4.69) is 31.8 Å². The van der Waals surface area contributed by atoms with Gasteiger partial charge >= 0.3 is 5.97 Å². The first kappa shape index (κ1) is 26.9. The molecule has 1 spiro atoms. The number of hydrogen-bond donors (Lipinski definition) is 0. The summed E-state index contributed by atoms with van der Waals surface area (Å²) in [5, 5.41) is 0. The summed E-state index contributed by atoms with van der Waals surface area (Å²) in [5.41, 5.74) is 3.34. The van der Waals surface area contributed by atoms with Crippen molar-refractivity contribution in [3.05, 3.63) is 88.7 Å². The maximum atomic E-state index is 13.9. The van der Waals surface area contributed by atoms with E-state index in [9.17, 15) is 14.4 Å². The van der Waals surface area contributed by atoms with E-state index < -0.39 is 11.4 Å². The lowest BCUT2D eigenvalue weighted by atomic mass is 9.66. The number of allylic oxidation sites excluding steroid dienone is 2. The number of piperidine rings is 1. The average Bonchev–Trinajstić information content (AvgIpc) is 2.95. The molecule has 2 aromatic heterocycles. The van der Waals surface area contributed by atoms with E-state index in [0.29, 0.717) is 50.1 Å². The number of amides is 1. The third-order valence-corrected chi connectivity index (χ3v) is 7.51. The van der Waals surface area contributed by atoms with Crippen LogP contribution in [0.4, 0.5) is 0 Å². The summed E-state index contributed by atoms with van der Waals surface area (Å²) in [5.74, 6) is 5.35. The van der Waals surface area contributed by atoms with Gasteiger partial charge in [-0.25, -0.2) is 24.7 Å². The predicted molar refractivity (Wildman–Crippen MR) is 147 cm³/mol. The van der Waals surface area contributed by atoms with Crippen molar-refractivity contribution in [2.24, 2.45) is 5.41 Å². The Balaban J connectivity index is 1.49. The van der Waals surface area contributed by atoms with Gasteiger partial charge in [0.05, 0.1) is 5.57 Å². The zero-order valence-corrected chi connectivity index (χ0v) is 22.7. The third kappa shape index (κ3) is 5.38. The highest BCUT2D eigenvalue weighted by Gasteiger charge is 2.45. The number of esters is 1. The number of carbonyl (C=O) groups excluding carboxylic acids is 3. The predicted octanol–water partition coefficient (Wildman–Crippen LogP) is 4.11. The lowest BCUT2D eigenvalue weighted by molar-refractivity contribution is -0.117. The summed E-state index contributed by atoms with van der Waals surface area (Å²) in [6.45, 7) is 6.54. The summed E-state index contributed by atoms with van der Waals surface area (Å²) in [7, 11) is 0. The van der Waals surface area contributed by atoms with E-state index >= 15 is 0 Å². The number of likely N-dealkylation sites (tertiary alicyclic amines) is 1. The molecule has 1 aromatic carbocycles. The fraction of sp³-hybridized carbons (Fsp3) is 0.323. The first-order chi connectivity index (χ1) is 19.3. The van der Waals surface area contributed by atoms with Gasteiger partial charge in [0.2, 0.25) is 11.6 Å². The molecule has 0 radical (unpaired) electrons. The molecule has 0 N–H and O–H groups in total. The summed E-state index contributed by atoms with van der Waals surface area (Å²) >= 11 is 0. The molecular weight excluding hydrogens is 506 g/mol. The average molecular weight is 536 g/mol. The number of rotatable bonds is 4. The number of aryl methyl sites for hydroxylation is 2. The Morgan fingerprint density at radius 2 is 1.48 bits per heavy atom. The van der Waals surface area contributed by atoms with Gasteiger partial charge in [0.25, 0.3) is 5.91 Å². The van der Waals surface area contributed by atoms with Crippen LogP contribution in [0.25, 0.3) is 5.57 Å². The van der Waals surface area contributed by atoms with E-state index in [1.165, 1.54) is 12.4 Å². The maximum absolute atomic E-state index is 13.9. The molecule has 0 atom stereocenters. The molecule has 3 heterocycles. The Morgan fingerprint density at radius 3 is 2.05 bits per heavy atom. The van der Waals surface area contributed by atoms with Crippen molar-refractivity contribution in [1.82, 2.24) is 24.8 Å². The van der Waals surface area contributed by atoms with Crippen molar-refractivity contribution in [2.75, 3.05) is 13.1 Å². The van der Waals surface area contributed by atoms with Crippen LogP contribution in [0.1, 0.15) is 76.1 Å². The minimum Gasteiger partial charge on any atom is -0.424 e. The molecule has 0 bridgehead atoms. The number of aromatic nitrogens is 4. The SMILES string of the molecule is CC#Cc1cc(C)c(C2=C(OC(=O)c3ncccn3)CC3(CCN(C(=O)c4ncccn4)CC3)CC2=O)c(C)c1. The number of benzene rings is 1. The Kier molecular flexibility index (Phi) is 7.52. The number of Topliss-reactive ketones (excluding diaryl/α,β-unsaturated/α-hetero) is 1. The lowest BCUT2D eigenvalue weighted by Gasteiger charge is -2.44. The van der Waals surface area contributed by atoms with Crippen LogP contribution in [0.15, 0.2) is 54.8 Å². The number of ketones is 1. The Labute approximate surface area is 232 Å². The van der Waals surface area contributed by atoms with E-state index in [4.69, 9.17) is 4.74 Å². The number of nitrogens with zero attached hydrogens (tertiary/aromatic N) is 5. The van der Waals surface area contributed by atoms with Crippen molar-refractivity contribution in [1.29, 1.82) is 0 Å². The molecule has 0 unspecified atom stereocenters.